The van der Waals surface area contributed by atoms with Gasteiger partial charge >= 0.3 is 7.82 Å². The molecule has 0 unspecified atom stereocenters. The van der Waals surface area contributed by atoms with Crippen molar-refractivity contribution in [1.82, 2.24) is 29.2 Å². The maximum absolute atomic E-state index is 15.0. The lowest BCUT2D eigenvalue weighted by Gasteiger charge is -2.31. The summed E-state index contributed by atoms with van der Waals surface area (Å²) in [6.45, 7) is 2.49. The van der Waals surface area contributed by atoms with Gasteiger partial charge in [0.1, 0.15) is 78.1 Å². The molecule has 9 atom stereocenters. The maximum atomic E-state index is 15.0. The largest absolute Gasteiger partial charge is 0.475 e. The molecule has 7 rings (SSSR count). The Morgan fingerprint density at radius 2 is 1.11 bits per heavy atom. The number of hydrogen-bond acceptors (Lipinski definition) is 20. The van der Waals surface area contributed by atoms with Crippen LogP contribution in [0.2, 0.25) is 0 Å². The first-order valence-corrected chi connectivity index (χ1v) is 28.1. The molecule has 2 aliphatic rings. The zero-order valence-electron chi connectivity index (χ0n) is 43.6. The van der Waals surface area contributed by atoms with Crippen LogP contribution in [-0.2, 0) is 54.9 Å². The topological polar surface area (TPSA) is 323 Å². The molecule has 0 aliphatic carbocycles. The van der Waals surface area contributed by atoms with E-state index in [1.54, 1.807) is 6.92 Å². The zero-order valence-corrected chi connectivity index (χ0v) is 44.5. The SMILES string of the molecule is CCCCCCCCCCCCCCCCCCOC[C@](C)(COP(=O)(OC[C@H]1O[C@@](C#N)(c2ccc3c(N)ncnn23)[C@H](O)[C@@H]1O)OC[C@H]1O[C@@](C#N)(c2ccc3c(N)ncnn23)[C@H](O)[C@@H]1O)OCc1ccccc1. The number of benzene rings is 1. The summed E-state index contributed by atoms with van der Waals surface area (Å²) < 4.78 is 60.2. The van der Waals surface area contributed by atoms with Crippen LogP contribution in [0.25, 0.3) is 11.0 Å². The molecule has 0 radical (unpaired) electrons. The summed E-state index contributed by atoms with van der Waals surface area (Å²) in [4.78, 5) is 7.93. The molecule has 5 aromatic rings. The highest BCUT2D eigenvalue weighted by atomic mass is 31.2. The number of unbranched alkanes of at least 4 members (excludes halogenated alkanes) is 15. The van der Waals surface area contributed by atoms with Crippen molar-refractivity contribution in [2.24, 2.45) is 0 Å². The Labute approximate surface area is 443 Å². The quantitative estimate of drug-likeness (QED) is 0.0187. The molecular formula is C53H75N10O12P. The molecule has 6 heterocycles. The molecule has 23 heteroatoms. The molecule has 0 spiro atoms. The summed E-state index contributed by atoms with van der Waals surface area (Å²) in [5.41, 5.74) is 7.83. The number of phosphoric acid groups is 1. The molecular weight excluding hydrogens is 1000 g/mol. The van der Waals surface area contributed by atoms with E-state index in [2.05, 4.69) is 27.1 Å². The number of nitrogens with zero attached hydrogens (tertiary/aromatic N) is 8. The molecule has 0 bridgehead atoms. The first-order chi connectivity index (χ1) is 36.7. The Bertz CT molecular complexity index is 2610. The molecule has 0 amide bonds. The number of nitriles is 2. The minimum atomic E-state index is -4.93. The highest BCUT2D eigenvalue weighted by molar-refractivity contribution is 7.48. The maximum Gasteiger partial charge on any atom is 0.475 e. The number of nitrogens with two attached hydrogens (primary N) is 2. The van der Waals surface area contributed by atoms with E-state index >= 15 is 4.57 Å². The van der Waals surface area contributed by atoms with E-state index in [1.807, 2.05) is 42.5 Å². The van der Waals surface area contributed by atoms with E-state index in [1.165, 1.54) is 110 Å². The standard InChI is InChI=1S/C53H75N10O12P/c1-3-4-5-6-7-8-9-10-11-12-13-14-15-16-17-21-28-69-34-51(2,70-29-38-22-19-18-20-23-38)35-73-76(68,71-30-41-45(64)47(66)52(32-54,74-41)43-26-24-39-49(56)58-36-60-62(39)43)72-31-42-46(65)48(67)53(33-55,75-42)44-27-25-40-50(57)59-37-61-63(40)44/h18-20,22-27,36-37,41-42,45-48,64-67H,3-17,21,28-31,34-35H2,1-2H3,(H2,56,58,60)(H2,57,59,61)/t41-,42-,45-,46-,47-,48-,51-,52+,53+/m1/s1. The third-order valence-electron chi connectivity index (χ3n) is 14.3. The van der Waals surface area contributed by atoms with Crippen molar-refractivity contribution >= 4 is 30.5 Å². The predicted octanol–water partition coefficient (Wildman–Crippen LogP) is 6.73. The van der Waals surface area contributed by atoms with Gasteiger partial charge in [0, 0.05) is 6.61 Å². The van der Waals surface area contributed by atoms with Crippen LogP contribution in [0, 0.1) is 22.7 Å². The molecule has 414 valence electrons. The van der Waals surface area contributed by atoms with E-state index < -0.39 is 81.1 Å². The van der Waals surface area contributed by atoms with Crippen LogP contribution in [0.3, 0.4) is 0 Å². The van der Waals surface area contributed by atoms with Crippen LogP contribution in [0.1, 0.15) is 134 Å². The molecule has 2 aliphatic heterocycles. The molecule has 0 saturated carbocycles. The molecule has 1 aromatic carbocycles. The van der Waals surface area contributed by atoms with Gasteiger partial charge in [0.2, 0.25) is 11.2 Å². The monoisotopic (exact) mass is 1070 g/mol. The normalized spacial score (nSPS) is 24.5. The number of aromatic nitrogens is 6. The number of phosphoric ester groups is 1. The molecule has 4 aromatic heterocycles. The zero-order chi connectivity index (χ0) is 54.2. The number of nitrogen functional groups attached to an aromatic ring is 2. The van der Waals surface area contributed by atoms with Gasteiger partial charge in [-0.25, -0.2) is 23.6 Å². The van der Waals surface area contributed by atoms with Gasteiger partial charge in [-0.3, -0.25) is 13.6 Å². The number of anilines is 2. The van der Waals surface area contributed by atoms with E-state index in [0.29, 0.717) is 17.6 Å². The third kappa shape index (κ3) is 13.9. The number of rotatable bonds is 33. The van der Waals surface area contributed by atoms with Crippen molar-refractivity contribution in [1.29, 1.82) is 10.5 Å². The summed E-state index contributed by atoms with van der Waals surface area (Å²) in [5, 5.41) is 75.0. The fourth-order valence-electron chi connectivity index (χ4n) is 9.75. The molecule has 76 heavy (non-hydrogen) atoms. The summed E-state index contributed by atoms with van der Waals surface area (Å²) in [6, 6.07) is 19.2. The van der Waals surface area contributed by atoms with Gasteiger partial charge in [0.25, 0.3) is 0 Å². The van der Waals surface area contributed by atoms with Gasteiger partial charge < -0.3 is 50.8 Å². The summed E-state index contributed by atoms with van der Waals surface area (Å²) >= 11 is 0. The lowest BCUT2D eigenvalue weighted by molar-refractivity contribution is -0.122. The van der Waals surface area contributed by atoms with Gasteiger partial charge in [-0.05, 0) is 43.2 Å². The number of aliphatic hydroxyl groups is 4. The highest BCUT2D eigenvalue weighted by Gasteiger charge is 2.60. The van der Waals surface area contributed by atoms with Crippen molar-refractivity contribution in [3.8, 4) is 12.1 Å². The lowest BCUT2D eigenvalue weighted by atomic mass is 9.92. The highest BCUT2D eigenvalue weighted by Crippen LogP contribution is 2.53. The van der Waals surface area contributed by atoms with Crippen LogP contribution < -0.4 is 11.5 Å². The fourth-order valence-corrected chi connectivity index (χ4v) is 11.1. The van der Waals surface area contributed by atoms with E-state index in [-0.39, 0.29) is 36.2 Å². The van der Waals surface area contributed by atoms with Gasteiger partial charge in [0.05, 0.1) is 44.4 Å². The second-order valence-corrected chi connectivity index (χ2v) is 21.8. The number of hydrogen-bond donors (Lipinski definition) is 6. The fraction of sp³-hybridized carbons (Fsp3) is 0.623. The van der Waals surface area contributed by atoms with E-state index in [9.17, 15) is 30.9 Å². The Balaban J connectivity index is 1.01. The Hall–Kier alpha value is -5.17. The molecule has 8 N–H and O–H groups in total. The summed E-state index contributed by atoms with van der Waals surface area (Å²) in [6.07, 6.45) is 11.8. The minimum Gasteiger partial charge on any atom is -0.387 e. The van der Waals surface area contributed by atoms with E-state index in [0.717, 1.165) is 43.9 Å². The van der Waals surface area contributed by atoms with Crippen molar-refractivity contribution in [2.45, 2.75) is 177 Å². The smallest absolute Gasteiger partial charge is 0.387 e. The van der Waals surface area contributed by atoms with Gasteiger partial charge in [-0.1, -0.05) is 134 Å². The summed E-state index contributed by atoms with van der Waals surface area (Å²) in [5.74, 6) is 0.165. The van der Waals surface area contributed by atoms with Crippen molar-refractivity contribution in [3.63, 3.8) is 0 Å². The van der Waals surface area contributed by atoms with Gasteiger partial charge in [-0.2, -0.15) is 20.7 Å². The Morgan fingerprint density at radius 1 is 0.658 bits per heavy atom. The number of fused-ring (bicyclic) bond motifs is 2. The molecule has 2 saturated heterocycles. The summed E-state index contributed by atoms with van der Waals surface area (Å²) in [7, 11) is -4.93. The van der Waals surface area contributed by atoms with Crippen LogP contribution in [-0.4, -0.2) is 125 Å². The van der Waals surface area contributed by atoms with Crippen molar-refractivity contribution in [2.75, 3.05) is 44.5 Å². The average molecular weight is 1080 g/mol. The first kappa shape index (κ1) is 58.5. The van der Waals surface area contributed by atoms with Crippen LogP contribution >= 0.6 is 7.82 Å². The number of ether oxygens (including phenoxy) is 4. The van der Waals surface area contributed by atoms with Crippen LogP contribution in [0.4, 0.5) is 11.6 Å². The van der Waals surface area contributed by atoms with E-state index in [4.69, 9.17) is 44.0 Å². The van der Waals surface area contributed by atoms with Crippen LogP contribution in [0.15, 0.2) is 67.3 Å². The van der Waals surface area contributed by atoms with Crippen LogP contribution in [0.5, 0.6) is 0 Å². The van der Waals surface area contributed by atoms with Crippen molar-refractivity contribution in [3.05, 3.63) is 84.2 Å². The molecule has 2 fully saturated rings. The van der Waals surface area contributed by atoms with Crippen molar-refractivity contribution < 1.29 is 57.5 Å². The average Bonchev–Trinajstić information content (AvgIpc) is 4.20. The second kappa shape index (κ2) is 27.4. The minimum absolute atomic E-state index is 0.0000819. The molecule has 22 nitrogen and oxygen atoms in total. The Kier molecular flexibility index (Phi) is 21.1. The third-order valence-corrected chi connectivity index (χ3v) is 15.7. The number of aliphatic hydroxyl groups excluding tert-OH is 4. The second-order valence-electron chi connectivity index (χ2n) is 20.1. The van der Waals surface area contributed by atoms with Gasteiger partial charge in [0.15, 0.2) is 11.6 Å². The van der Waals surface area contributed by atoms with Gasteiger partial charge in [-0.15, -0.1) is 0 Å². The lowest BCUT2D eigenvalue weighted by Crippen LogP contribution is -2.41. The Morgan fingerprint density at radius 3 is 1.55 bits per heavy atom. The predicted molar refractivity (Wildman–Crippen MR) is 279 cm³/mol. The first-order valence-electron chi connectivity index (χ1n) is 26.6.